The number of para-hydroxylation sites is 2. The number of nitrogens with one attached hydrogen (secondary N) is 2. The number of aromatic amines is 1. The number of carbonyl (C=O) groups excluding carboxylic acids is 1. The summed E-state index contributed by atoms with van der Waals surface area (Å²) < 4.78 is 6.60. The number of imidazole rings is 1. The van der Waals surface area contributed by atoms with E-state index in [9.17, 15) is 4.79 Å². The molecule has 0 aliphatic rings. The molecule has 0 spiro atoms. The average molecular weight is 327 g/mol. The predicted molar refractivity (Wildman–Crippen MR) is 91.3 cm³/mol. The summed E-state index contributed by atoms with van der Waals surface area (Å²) in [5.41, 5.74) is 4.01. The molecule has 24 heavy (non-hydrogen) atoms. The number of hydrogen-bond donors (Lipinski definition) is 2. The highest BCUT2D eigenvalue weighted by Crippen LogP contribution is 2.15. The number of alkyl carbamates (subject to hydrolysis) is 1. The monoisotopic (exact) mass is 327 g/mol. The standard InChI is InChI=1S/C17H21N5O2/c1-3-24-17(23)18-10-6-7-13-11-22(21-12(13)2)16-19-14-8-4-5-9-15(14)20-16/h4-5,8-9,11H,3,6-7,10H2,1-2H3,(H,18,23)(H,19,20). The number of fused-ring (bicyclic) bond motifs is 1. The molecule has 0 aliphatic carbocycles. The highest BCUT2D eigenvalue weighted by Gasteiger charge is 2.10. The minimum Gasteiger partial charge on any atom is -0.450 e. The predicted octanol–water partition coefficient (Wildman–Crippen LogP) is 2.74. The fourth-order valence-corrected chi connectivity index (χ4v) is 2.55. The lowest BCUT2D eigenvalue weighted by molar-refractivity contribution is 0.152. The number of rotatable bonds is 6. The summed E-state index contributed by atoms with van der Waals surface area (Å²) in [6.45, 7) is 4.73. The Morgan fingerprint density at radius 2 is 2.21 bits per heavy atom. The van der Waals surface area contributed by atoms with Crippen molar-refractivity contribution in [1.29, 1.82) is 0 Å². The van der Waals surface area contributed by atoms with Gasteiger partial charge in [-0.25, -0.2) is 14.5 Å². The van der Waals surface area contributed by atoms with Gasteiger partial charge >= 0.3 is 6.09 Å². The molecule has 3 aromatic rings. The van der Waals surface area contributed by atoms with Gasteiger partial charge in [-0.15, -0.1) is 0 Å². The van der Waals surface area contributed by atoms with Gasteiger partial charge in [-0.05, 0) is 44.4 Å². The number of benzene rings is 1. The highest BCUT2D eigenvalue weighted by atomic mass is 16.5. The van der Waals surface area contributed by atoms with E-state index in [-0.39, 0.29) is 6.09 Å². The van der Waals surface area contributed by atoms with E-state index in [1.165, 1.54) is 0 Å². The van der Waals surface area contributed by atoms with Crippen LogP contribution in [0.15, 0.2) is 30.5 Å². The Labute approximate surface area is 140 Å². The minimum absolute atomic E-state index is 0.368. The lowest BCUT2D eigenvalue weighted by Crippen LogP contribution is -2.25. The Hall–Kier alpha value is -2.83. The lowest BCUT2D eigenvalue weighted by atomic mass is 10.1. The second kappa shape index (κ2) is 7.16. The van der Waals surface area contributed by atoms with Gasteiger partial charge < -0.3 is 15.0 Å². The molecule has 0 saturated carbocycles. The third-order valence-electron chi connectivity index (χ3n) is 3.76. The molecule has 2 aromatic heterocycles. The molecular weight excluding hydrogens is 306 g/mol. The number of hydrogen-bond acceptors (Lipinski definition) is 4. The van der Waals surface area contributed by atoms with Crippen LogP contribution in [0.5, 0.6) is 0 Å². The van der Waals surface area contributed by atoms with Crippen molar-refractivity contribution in [2.24, 2.45) is 0 Å². The van der Waals surface area contributed by atoms with Gasteiger partial charge in [-0.2, -0.15) is 5.10 Å². The van der Waals surface area contributed by atoms with Crippen molar-refractivity contribution < 1.29 is 9.53 Å². The van der Waals surface area contributed by atoms with Crippen molar-refractivity contribution >= 4 is 17.1 Å². The van der Waals surface area contributed by atoms with Crippen LogP contribution in [0.25, 0.3) is 17.0 Å². The third-order valence-corrected chi connectivity index (χ3v) is 3.76. The van der Waals surface area contributed by atoms with Crippen molar-refractivity contribution in [3.8, 4) is 5.95 Å². The van der Waals surface area contributed by atoms with E-state index in [4.69, 9.17) is 4.74 Å². The zero-order chi connectivity index (χ0) is 16.9. The fraction of sp³-hybridized carbons (Fsp3) is 0.353. The van der Waals surface area contributed by atoms with Gasteiger partial charge in [0.1, 0.15) is 0 Å². The number of amides is 1. The first-order valence-electron chi connectivity index (χ1n) is 8.08. The largest absolute Gasteiger partial charge is 0.450 e. The zero-order valence-corrected chi connectivity index (χ0v) is 13.9. The van der Waals surface area contributed by atoms with Crippen LogP contribution in [0.1, 0.15) is 24.6 Å². The van der Waals surface area contributed by atoms with Gasteiger partial charge in [0.15, 0.2) is 0 Å². The second-order valence-corrected chi connectivity index (χ2v) is 5.51. The molecule has 2 heterocycles. The van der Waals surface area contributed by atoms with E-state index in [1.54, 1.807) is 11.6 Å². The molecule has 2 N–H and O–H groups in total. The average Bonchev–Trinajstić information content (AvgIpc) is 3.15. The number of H-pyrrole nitrogens is 1. The number of aryl methyl sites for hydroxylation is 2. The smallest absolute Gasteiger partial charge is 0.407 e. The van der Waals surface area contributed by atoms with Crippen LogP contribution in [0, 0.1) is 6.92 Å². The number of nitrogens with zero attached hydrogens (tertiary/aromatic N) is 3. The molecule has 7 heteroatoms. The first kappa shape index (κ1) is 16.0. The summed E-state index contributed by atoms with van der Waals surface area (Å²) in [5.74, 6) is 0.704. The Morgan fingerprint density at radius 1 is 1.38 bits per heavy atom. The number of ether oxygens (including phenoxy) is 1. The molecule has 0 saturated heterocycles. The van der Waals surface area contributed by atoms with E-state index >= 15 is 0 Å². The van der Waals surface area contributed by atoms with E-state index < -0.39 is 0 Å². The number of aromatic nitrogens is 4. The van der Waals surface area contributed by atoms with Crippen LogP contribution in [-0.4, -0.2) is 39.0 Å². The topological polar surface area (TPSA) is 84.8 Å². The fourth-order valence-electron chi connectivity index (χ4n) is 2.55. The van der Waals surface area contributed by atoms with Gasteiger partial charge in [-0.1, -0.05) is 12.1 Å². The summed E-state index contributed by atoms with van der Waals surface area (Å²) in [7, 11) is 0. The Bertz CT molecular complexity index is 803. The van der Waals surface area contributed by atoms with Crippen LogP contribution >= 0.6 is 0 Å². The van der Waals surface area contributed by atoms with Gasteiger partial charge in [0.25, 0.3) is 0 Å². The molecule has 0 fully saturated rings. The van der Waals surface area contributed by atoms with Crippen molar-refractivity contribution in [1.82, 2.24) is 25.1 Å². The van der Waals surface area contributed by atoms with Gasteiger partial charge in [0.05, 0.1) is 23.3 Å². The maximum atomic E-state index is 11.2. The maximum Gasteiger partial charge on any atom is 0.407 e. The van der Waals surface area contributed by atoms with Crippen molar-refractivity contribution in [3.05, 3.63) is 41.7 Å². The van der Waals surface area contributed by atoms with E-state index in [0.29, 0.717) is 19.1 Å². The highest BCUT2D eigenvalue weighted by molar-refractivity contribution is 5.75. The van der Waals surface area contributed by atoms with Crippen molar-refractivity contribution in [2.75, 3.05) is 13.2 Å². The maximum absolute atomic E-state index is 11.2. The Kier molecular flexibility index (Phi) is 4.79. The molecule has 3 rings (SSSR count). The summed E-state index contributed by atoms with van der Waals surface area (Å²) in [6, 6.07) is 7.89. The summed E-state index contributed by atoms with van der Waals surface area (Å²) in [5, 5.41) is 7.25. The molecule has 1 amide bonds. The summed E-state index contributed by atoms with van der Waals surface area (Å²) >= 11 is 0. The quantitative estimate of drug-likeness (QED) is 0.682. The molecule has 7 nitrogen and oxygen atoms in total. The van der Waals surface area contributed by atoms with Gasteiger partial charge in [-0.3, -0.25) is 0 Å². The van der Waals surface area contributed by atoms with Crippen LogP contribution in [0.2, 0.25) is 0 Å². The molecule has 0 bridgehead atoms. The lowest BCUT2D eigenvalue weighted by Gasteiger charge is -2.04. The molecular formula is C17H21N5O2. The summed E-state index contributed by atoms with van der Waals surface area (Å²) in [6.07, 6.45) is 3.27. The van der Waals surface area contributed by atoms with Crippen LogP contribution in [0.3, 0.4) is 0 Å². The second-order valence-electron chi connectivity index (χ2n) is 5.51. The Morgan fingerprint density at radius 3 is 3.00 bits per heavy atom. The Balaban J connectivity index is 1.63. The van der Waals surface area contributed by atoms with Gasteiger partial charge in [0, 0.05) is 12.7 Å². The van der Waals surface area contributed by atoms with Crippen LogP contribution in [0.4, 0.5) is 4.79 Å². The van der Waals surface area contributed by atoms with Gasteiger partial charge in [0.2, 0.25) is 5.95 Å². The van der Waals surface area contributed by atoms with E-state index in [1.807, 2.05) is 37.4 Å². The van der Waals surface area contributed by atoms with E-state index in [2.05, 4.69) is 20.4 Å². The third kappa shape index (κ3) is 3.56. The molecule has 0 aliphatic heterocycles. The van der Waals surface area contributed by atoms with E-state index in [0.717, 1.165) is 35.1 Å². The molecule has 0 atom stereocenters. The molecule has 1 aromatic carbocycles. The van der Waals surface area contributed by atoms with Crippen LogP contribution < -0.4 is 5.32 Å². The normalized spacial score (nSPS) is 10.9. The summed E-state index contributed by atoms with van der Waals surface area (Å²) in [4.78, 5) is 19.0. The van der Waals surface area contributed by atoms with Crippen molar-refractivity contribution in [3.63, 3.8) is 0 Å². The SMILES string of the molecule is CCOC(=O)NCCCc1cn(-c2nc3ccccc3[nH]2)nc1C. The first-order chi connectivity index (χ1) is 11.7. The van der Waals surface area contributed by atoms with Crippen molar-refractivity contribution in [2.45, 2.75) is 26.7 Å². The molecule has 126 valence electrons. The van der Waals surface area contributed by atoms with Crippen LogP contribution in [-0.2, 0) is 11.2 Å². The first-order valence-corrected chi connectivity index (χ1v) is 8.08. The minimum atomic E-state index is -0.368. The molecule has 0 radical (unpaired) electrons. The molecule has 0 unspecified atom stereocenters. The number of carbonyl (C=O) groups is 1. The zero-order valence-electron chi connectivity index (χ0n) is 13.9.